The molecule has 1 aromatic carbocycles. The Labute approximate surface area is 122 Å². The zero-order chi connectivity index (χ0) is 14.0. The van der Waals surface area contributed by atoms with E-state index >= 15 is 0 Å². The molecule has 0 aliphatic heterocycles. The molecule has 3 radical (unpaired) electrons. The molecular weight excluding hydrogens is 248 g/mol. The van der Waals surface area contributed by atoms with Crippen molar-refractivity contribution in [3.05, 3.63) is 35.9 Å². The summed E-state index contributed by atoms with van der Waals surface area (Å²) in [4.78, 5) is 0. The molecule has 1 rings (SSSR count). The van der Waals surface area contributed by atoms with Gasteiger partial charge in [0.2, 0.25) is 0 Å². The normalized spacial score (nSPS) is 11.7. The maximum Gasteiger partial charge on any atom is 0.104 e. The highest BCUT2D eigenvalue weighted by molar-refractivity contribution is 6.08. The van der Waals surface area contributed by atoms with Gasteiger partial charge in [-0.3, -0.25) is 0 Å². The second kappa shape index (κ2) is 9.29. The molecule has 0 amide bonds. The van der Waals surface area contributed by atoms with E-state index in [1.165, 1.54) is 31.4 Å². The van der Waals surface area contributed by atoms with Gasteiger partial charge < -0.3 is 9.80 Å². The molecule has 19 heavy (non-hydrogen) atoms. The fourth-order valence-corrected chi connectivity index (χ4v) is 2.47. The summed E-state index contributed by atoms with van der Waals surface area (Å²) >= 11 is 0. The van der Waals surface area contributed by atoms with E-state index in [-0.39, 0.29) is 0 Å². The lowest BCUT2D eigenvalue weighted by Gasteiger charge is -2.30. The van der Waals surface area contributed by atoms with E-state index in [9.17, 15) is 0 Å². The van der Waals surface area contributed by atoms with Gasteiger partial charge in [0.1, 0.15) is 6.54 Å². The Balaban J connectivity index is 2.13. The van der Waals surface area contributed by atoms with Crippen molar-refractivity contribution in [1.82, 2.24) is 5.32 Å². The molecule has 0 aromatic heterocycles. The molecule has 0 saturated carbocycles. The molecule has 0 fully saturated rings. The highest BCUT2D eigenvalue weighted by atomic mass is 28.1. The summed E-state index contributed by atoms with van der Waals surface area (Å²) in [6, 6.07) is 11.9. The van der Waals surface area contributed by atoms with E-state index in [0.29, 0.717) is 0 Å². The lowest BCUT2D eigenvalue weighted by molar-refractivity contribution is -0.902. The summed E-state index contributed by atoms with van der Waals surface area (Å²) < 4.78 is 1.04. The van der Waals surface area contributed by atoms with Crippen molar-refractivity contribution >= 4 is 10.2 Å². The van der Waals surface area contributed by atoms with Crippen molar-refractivity contribution in [3.8, 4) is 0 Å². The van der Waals surface area contributed by atoms with Crippen LogP contribution in [0.4, 0.5) is 0 Å². The Morgan fingerprint density at radius 2 is 1.74 bits per heavy atom. The predicted molar refractivity (Wildman–Crippen MR) is 84.4 cm³/mol. The predicted octanol–water partition coefficient (Wildman–Crippen LogP) is 2.61. The van der Waals surface area contributed by atoms with Gasteiger partial charge in [0, 0.05) is 22.4 Å². The van der Waals surface area contributed by atoms with E-state index < -0.39 is 0 Å². The molecule has 0 spiro atoms. The van der Waals surface area contributed by atoms with Gasteiger partial charge in [0.15, 0.2) is 0 Å². The summed E-state index contributed by atoms with van der Waals surface area (Å²) in [5.41, 5.74) is 1.42. The molecule has 0 heterocycles. The molecule has 0 aliphatic carbocycles. The first-order chi connectivity index (χ1) is 9.14. The maximum absolute atomic E-state index is 3.55. The molecule has 105 valence electrons. The van der Waals surface area contributed by atoms with Crippen LogP contribution in [-0.4, -0.2) is 48.5 Å². The third-order valence-corrected chi connectivity index (χ3v) is 3.73. The van der Waals surface area contributed by atoms with Crippen LogP contribution in [0.1, 0.15) is 24.8 Å². The second-order valence-corrected chi connectivity index (χ2v) is 6.36. The lowest BCUT2D eigenvalue weighted by atomic mass is 10.2. The number of hydrogen-bond donors (Lipinski definition) is 1. The van der Waals surface area contributed by atoms with Crippen molar-refractivity contribution in [2.75, 3.05) is 33.7 Å². The number of likely N-dealkylation sites (N-methyl/N-ethyl adjacent to an activating group) is 1. The van der Waals surface area contributed by atoms with Crippen molar-refractivity contribution in [3.63, 3.8) is 0 Å². The van der Waals surface area contributed by atoms with Gasteiger partial charge in [-0.2, -0.15) is 0 Å². The van der Waals surface area contributed by atoms with E-state index in [0.717, 1.165) is 30.2 Å². The molecule has 0 aliphatic rings. The minimum absolute atomic E-state index is 1.04. The molecule has 1 aromatic rings. The Kier molecular flexibility index (Phi) is 8.02. The standard InChI is InChI=1S/C16H28N2Si/c1-18(2,15-16-9-5-3-6-10-16)13-12-17-11-7-4-8-14-19/h3,5-6,9-10,17H,4,7-8,11-15H2,1-2H3/q+1. The van der Waals surface area contributed by atoms with E-state index in [4.69, 9.17) is 0 Å². The van der Waals surface area contributed by atoms with Crippen molar-refractivity contribution in [2.45, 2.75) is 31.9 Å². The topological polar surface area (TPSA) is 12.0 Å². The molecule has 0 bridgehead atoms. The zero-order valence-corrected chi connectivity index (χ0v) is 13.5. The van der Waals surface area contributed by atoms with Gasteiger partial charge in [-0.05, 0) is 13.0 Å². The fourth-order valence-electron chi connectivity index (χ4n) is 2.22. The summed E-state index contributed by atoms with van der Waals surface area (Å²) in [6.45, 7) is 4.53. The summed E-state index contributed by atoms with van der Waals surface area (Å²) in [5, 5.41) is 3.55. The molecular formula is C16H28N2Si+. The number of rotatable bonds is 10. The third-order valence-electron chi connectivity index (χ3n) is 3.38. The van der Waals surface area contributed by atoms with Gasteiger partial charge >= 0.3 is 0 Å². The Morgan fingerprint density at radius 3 is 2.42 bits per heavy atom. The van der Waals surface area contributed by atoms with Crippen molar-refractivity contribution < 1.29 is 4.48 Å². The van der Waals surface area contributed by atoms with Crippen molar-refractivity contribution in [1.29, 1.82) is 0 Å². The van der Waals surface area contributed by atoms with E-state index in [1.807, 2.05) is 0 Å². The van der Waals surface area contributed by atoms with Crippen molar-refractivity contribution in [2.24, 2.45) is 0 Å². The van der Waals surface area contributed by atoms with Gasteiger partial charge in [-0.25, -0.2) is 0 Å². The molecule has 2 nitrogen and oxygen atoms in total. The lowest BCUT2D eigenvalue weighted by Crippen LogP contribution is -2.43. The van der Waals surface area contributed by atoms with Gasteiger partial charge in [-0.1, -0.05) is 49.2 Å². The average Bonchev–Trinajstić information content (AvgIpc) is 2.38. The second-order valence-electron chi connectivity index (χ2n) is 5.86. The van der Waals surface area contributed by atoms with Crippen LogP contribution in [0.5, 0.6) is 0 Å². The van der Waals surface area contributed by atoms with E-state index in [1.54, 1.807) is 0 Å². The Bertz CT molecular complexity index is 325. The first kappa shape index (κ1) is 16.4. The SMILES string of the molecule is C[N+](C)(CCNCCCCC[Si])Cc1ccccc1. The van der Waals surface area contributed by atoms with Gasteiger partial charge in [0.25, 0.3) is 0 Å². The van der Waals surface area contributed by atoms with Crippen LogP contribution in [0.3, 0.4) is 0 Å². The molecule has 1 N–H and O–H groups in total. The van der Waals surface area contributed by atoms with Crippen LogP contribution in [-0.2, 0) is 6.54 Å². The van der Waals surface area contributed by atoms with Crippen LogP contribution in [0.2, 0.25) is 6.04 Å². The summed E-state index contributed by atoms with van der Waals surface area (Å²) in [7, 11) is 8.12. The number of quaternary nitrogens is 1. The molecule has 3 heteroatoms. The first-order valence-corrected chi connectivity index (χ1v) is 8.06. The molecule has 0 atom stereocenters. The highest BCUT2D eigenvalue weighted by Crippen LogP contribution is 2.08. The zero-order valence-electron chi connectivity index (χ0n) is 12.5. The van der Waals surface area contributed by atoms with Gasteiger partial charge in [-0.15, -0.1) is 0 Å². The quantitative estimate of drug-likeness (QED) is 0.393. The average molecular weight is 276 g/mol. The Hall–Kier alpha value is -0.643. The Morgan fingerprint density at radius 1 is 1.00 bits per heavy atom. The maximum atomic E-state index is 3.55. The van der Waals surface area contributed by atoms with Crippen LogP contribution in [0, 0.1) is 0 Å². The van der Waals surface area contributed by atoms with Gasteiger partial charge in [0.05, 0.1) is 20.6 Å². The summed E-state index contributed by atoms with van der Waals surface area (Å²) in [5.74, 6) is 0. The highest BCUT2D eigenvalue weighted by Gasteiger charge is 2.14. The van der Waals surface area contributed by atoms with E-state index in [2.05, 4.69) is 60.0 Å². The van der Waals surface area contributed by atoms with Crippen LogP contribution >= 0.6 is 0 Å². The molecule has 0 saturated heterocycles. The monoisotopic (exact) mass is 276 g/mol. The number of hydrogen-bond acceptors (Lipinski definition) is 1. The van der Waals surface area contributed by atoms with Crippen LogP contribution < -0.4 is 5.32 Å². The molecule has 0 unspecified atom stereocenters. The largest absolute Gasteiger partial charge is 0.324 e. The third kappa shape index (κ3) is 8.19. The van der Waals surface area contributed by atoms with Crippen LogP contribution in [0.25, 0.3) is 0 Å². The minimum Gasteiger partial charge on any atom is -0.324 e. The number of nitrogens with one attached hydrogen (secondary N) is 1. The minimum atomic E-state index is 1.04. The number of unbranched alkanes of at least 4 members (excludes halogenated alkanes) is 2. The van der Waals surface area contributed by atoms with Crippen LogP contribution in [0.15, 0.2) is 30.3 Å². The number of nitrogens with zero attached hydrogens (tertiary/aromatic N) is 1. The fraction of sp³-hybridized carbons (Fsp3) is 0.625. The summed E-state index contributed by atoms with van der Waals surface area (Å²) in [6.07, 6.45) is 3.89. The smallest absolute Gasteiger partial charge is 0.104 e. The first-order valence-electron chi connectivity index (χ1n) is 7.35. The number of benzene rings is 1.